The summed E-state index contributed by atoms with van der Waals surface area (Å²) in [5.41, 5.74) is 7.95. The molecule has 0 saturated carbocycles. The third kappa shape index (κ3) is 6.23. The maximum absolute atomic E-state index is 14.4. The molecule has 0 heterocycles. The van der Waals surface area contributed by atoms with Gasteiger partial charge in [-0.15, -0.1) is 0 Å². The molecular weight excluding hydrogens is 588 g/mol. The van der Waals surface area contributed by atoms with E-state index in [1.54, 1.807) is 24.3 Å². The van der Waals surface area contributed by atoms with Crippen molar-refractivity contribution >= 4 is 28.5 Å². The van der Waals surface area contributed by atoms with Crippen LogP contribution in [0.25, 0.3) is 22.3 Å². The van der Waals surface area contributed by atoms with Gasteiger partial charge in [0.1, 0.15) is 0 Å². The van der Waals surface area contributed by atoms with Crippen LogP contribution >= 0.6 is 0 Å². The van der Waals surface area contributed by atoms with Crippen LogP contribution in [0.1, 0.15) is 84.6 Å². The highest BCUT2D eigenvalue weighted by molar-refractivity contribution is 6.19. The zero-order chi connectivity index (χ0) is 32.9. The number of rotatable bonds is 9. The highest BCUT2D eigenvalue weighted by Gasteiger charge is 2.24. The van der Waals surface area contributed by atoms with Crippen LogP contribution < -0.4 is 0 Å². The average Bonchev–Trinajstić information content (AvgIpc) is 3.18. The minimum Gasteiger partial charge on any atom is -0.289 e. The van der Waals surface area contributed by atoms with Gasteiger partial charge in [0.05, 0.1) is 0 Å². The van der Waals surface area contributed by atoms with Crippen molar-refractivity contribution in [2.45, 2.75) is 25.7 Å². The van der Waals surface area contributed by atoms with E-state index in [0.717, 1.165) is 59.1 Å². The van der Waals surface area contributed by atoms with Crippen LogP contribution in [0.15, 0.2) is 158 Å². The summed E-state index contributed by atoms with van der Waals surface area (Å²) >= 11 is 0. The molecule has 232 valence electrons. The Kier molecular flexibility index (Phi) is 8.84. The molecule has 2 aliphatic carbocycles. The lowest BCUT2D eigenvalue weighted by Crippen LogP contribution is -2.13. The molecule has 2 aliphatic rings. The molecule has 0 atom stereocenters. The first-order valence-corrected chi connectivity index (χ1v) is 16.4. The number of carbonyl (C=O) groups is 3. The monoisotopic (exact) mass is 622 g/mol. The van der Waals surface area contributed by atoms with E-state index >= 15 is 0 Å². The van der Waals surface area contributed by atoms with Gasteiger partial charge in [0.15, 0.2) is 17.3 Å². The lowest BCUT2D eigenvalue weighted by molar-refractivity contribution is 0.103. The summed E-state index contributed by atoms with van der Waals surface area (Å²) in [6.07, 6.45) is 16.1. The molecule has 0 radical (unpaired) electrons. The second kappa shape index (κ2) is 13.8. The van der Waals surface area contributed by atoms with Gasteiger partial charge in [-0.05, 0) is 77.3 Å². The minimum absolute atomic E-state index is 0.229. The third-order valence-corrected chi connectivity index (χ3v) is 8.99. The number of ketones is 3. The highest BCUT2D eigenvalue weighted by Crippen LogP contribution is 2.32. The van der Waals surface area contributed by atoms with Gasteiger partial charge < -0.3 is 0 Å². The number of hydrogen-bond acceptors (Lipinski definition) is 3. The zero-order valence-electron chi connectivity index (χ0n) is 26.6. The molecule has 3 nitrogen and oxygen atoms in total. The van der Waals surface area contributed by atoms with Gasteiger partial charge in [-0.2, -0.15) is 0 Å². The molecule has 0 aromatic heterocycles. The first-order chi connectivity index (χ1) is 23.6. The number of carbonyl (C=O) groups excluding carboxylic acids is 3. The summed E-state index contributed by atoms with van der Waals surface area (Å²) in [5.74, 6) is -0.719. The molecule has 5 aromatic carbocycles. The van der Waals surface area contributed by atoms with Crippen LogP contribution in [0.4, 0.5) is 0 Å². The molecule has 0 N–H and O–H groups in total. The Balaban J connectivity index is 1.38. The maximum atomic E-state index is 14.4. The van der Waals surface area contributed by atoms with E-state index < -0.39 is 0 Å². The first kappa shape index (κ1) is 30.7. The van der Waals surface area contributed by atoms with Crippen molar-refractivity contribution in [3.05, 3.63) is 202 Å². The van der Waals surface area contributed by atoms with E-state index in [2.05, 4.69) is 30.4 Å². The Morgan fingerprint density at radius 2 is 1.00 bits per heavy atom. The van der Waals surface area contributed by atoms with Gasteiger partial charge in [-0.1, -0.05) is 140 Å². The fourth-order valence-corrected chi connectivity index (χ4v) is 6.57. The summed E-state index contributed by atoms with van der Waals surface area (Å²) < 4.78 is 0. The smallest absolute Gasteiger partial charge is 0.193 e. The lowest BCUT2D eigenvalue weighted by Gasteiger charge is -2.16. The van der Waals surface area contributed by atoms with Gasteiger partial charge in [0.2, 0.25) is 0 Å². The zero-order valence-corrected chi connectivity index (χ0v) is 26.6. The van der Waals surface area contributed by atoms with Gasteiger partial charge in [0, 0.05) is 33.4 Å². The quantitative estimate of drug-likeness (QED) is 0.154. The van der Waals surface area contributed by atoms with Gasteiger partial charge in [-0.3, -0.25) is 14.4 Å². The Bertz CT molecular complexity index is 2180. The average molecular weight is 623 g/mol. The summed E-state index contributed by atoms with van der Waals surface area (Å²) in [6, 6.07) is 37.3. The largest absolute Gasteiger partial charge is 0.289 e. The summed E-state index contributed by atoms with van der Waals surface area (Å²) in [6.45, 7) is 0. The first-order valence-electron chi connectivity index (χ1n) is 16.4. The van der Waals surface area contributed by atoms with Crippen LogP contribution in [0.2, 0.25) is 0 Å². The van der Waals surface area contributed by atoms with Crippen molar-refractivity contribution in [3.8, 4) is 11.1 Å². The fourth-order valence-electron chi connectivity index (χ4n) is 6.57. The molecule has 0 unspecified atom stereocenters. The molecule has 5 aromatic rings. The van der Waals surface area contributed by atoms with Crippen molar-refractivity contribution in [2.24, 2.45) is 0 Å². The fraction of sp³-hybridized carbons (Fsp3) is 0.0889. The third-order valence-electron chi connectivity index (χ3n) is 8.99. The van der Waals surface area contributed by atoms with Gasteiger partial charge in [-0.25, -0.2) is 0 Å². The normalized spacial score (nSPS) is 13.8. The Labute approximate surface area is 281 Å². The molecule has 0 fully saturated rings. The Morgan fingerprint density at radius 3 is 1.56 bits per heavy atom. The van der Waals surface area contributed by atoms with E-state index in [9.17, 15) is 14.4 Å². The standard InChI is InChI=1S/C45H34O3/c46-43(40-25-13-10-22-37(40)31-16-4-1-5-17-31)34-28-35(44(47)41-26-14-11-23-38(41)32-18-6-2-7-19-32)30-36(29-34)45(48)42-27-15-12-24-39(42)33-20-8-3-9-21-33/h1-2,4-6,8,10-18,20-30H,3,7,9,19H2. The second-order valence-corrected chi connectivity index (χ2v) is 12.1. The highest BCUT2D eigenvalue weighted by atomic mass is 16.1. The number of benzene rings is 5. The Morgan fingerprint density at radius 1 is 0.479 bits per heavy atom. The van der Waals surface area contributed by atoms with Crippen molar-refractivity contribution in [2.75, 3.05) is 0 Å². The summed E-state index contributed by atoms with van der Waals surface area (Å²) in [4.78, 5) is 43.3. The molecule has 48 heavy (non-hydrogen) atoms. The minimum atomic E-state index is -0.252. The summed E-state index contributed by atoms with van der Waals surface area (Å²) in [5, 5.41) is 0. The molecule has 0 saturated heterocycles. The van der Waals surface area contributed by atoms with Crippen LogP contribution in [-0.2, 0) is 0 Å². The van der Waals surface area contributed by atoms with Crippen molar-refractivity contribution < 1.29 is 14.4 Å². The van der Waals surface area contributed by atoms with Crippen LogP contribution in [0.3, 0.4) is 0 Å². The number of hydrogen-bond donors (Lipinski definition) is 0. The summed E-state index contributed by atoms with van der Waals surface area (Å²) in [7, 11) is 0. The molecule has 0 spiro atoms. The lowest BCUT2D eigenvalue weighted by atomic mass is 9.86. The predicted octanol–water partition coefficient (Wildman–Crippen LogP) is 10.5. The molecule has 3 heteroatoms. The van der Waals surface area contributed by atoms with Gasteiger partial charge >= 0.3 is 0 Å². The van der Waals surface area contributed by atoms with E-state index in [1.807, 2.05) is 103 Å². The van der Waals surface area contributed by atoms with E-state index in [4.69, 9.17) is 0 Å². The van der Waals surface area contributed by atoms with Crippen LogP contribution in [-0.4, -0.2) is 17.3 Å². The van der Waals surface area contributed by atoms with Crippen molar-refractivity contribution in [3.63, 3.8) is 0 Å². The SMILES string of the molecule is O=C(c1cc(C(=O)c2ccccc2C2=CC=CCC2)cc(C(=O)c2ccccc2-c2ccccc2)c1)c1ccccc1C1=CCCC=C1. The number of allylic oxidation sites excluding steroid dienone is 8. The molecule has 0 aliphatic heterocycles. The van der Waals surface area contributed by atoms with Crippen LogP contribution in [0.5, 0.6) is 0 Å². The van der Waals surface area contributed by atoms with E-state index in [0.29, 0.717) is 33.4 Å². The molecule has 0 amide bonds. The topological polar surface area (TPSA) is 51.2 Å². The van der Waals surface area contributed by atoms with Gasteiger partial charge in [0.25, 0.3) is 0 Å². The molecular formula is C45H34O3. The molecule has 0 bridgehead atoms. The second-order valence-electron chi connectivity index (χ2n) is 12.1. The van der Waals surface area contributed by atoms with Crippen molar-refractivity contribution in [1.82, 2.24) is 0 Å². The van der Waals surface area contributed by atoms with Crippen molar-refractivity contribution in [1.29, 1.82) is 0 Å². The van der Waals surface area contributed by atoms with E-state index in [1.165, 1.54) is 0 Å². The predicted molar refractivity (Wildman–Crippen MR) is 194 cm³/mol. The Hall–Kier alpha value is -5.93. The maximum Gasteiger partial charge on any atom is 0.193 e. The van der Waals surface area contributed by atoms with E-state index in [-0.39, 0.29) is 17.3 Å². The van der Waals surface area contributed by atoms with Crippen LogP contribution in [0, 0.1) is 0 Å². The molecule has 7 rings (SSSR count).